The number of carbonyl (C=O) groups excluding carboxylic acids is 1. The highest BCUT2D eigenvalue weighted by Crippen LogP contribution is 2.66. The number of hydrogen-bond acceptors (Lipinski definition) is 9. The molecular formula is C44H55FN6O5. The number of ether oxygens (including phenoxy) is 3. The number of aromatic nitrogens is 5. The smallest absolute Gasteiger partial charge is 0.272 e. The van der Waals surface area contributed by atoms with Gasteiger partial charge >= 0.3 is 0 Å². The molecule has 0 bridgehead atoms. The summed E-state index contributed by atoms with van der Waals surface area (Å²) in [5, 5.41) is 15.6. The first-order valence-corrected chi connectivity index (χ1v) is 20.9. The molecule has 1 aliphatic heterocycles. The predicted octanol–water partition coefficient (Wildman–Crippen LogP) is 7.66. The summed E-state index contributed by atoms with van der Waals surface area (Å²) in [6.07, 6.45) is 13.8. The van der Waals surface area contributed by atoms with Crippen molar-refractivity contribution < 1.29 is 23.4 Å². The number of hydrogen-bond donors (Lipinski definition) is 2. The maximum absolute atomic E-state index is 14.6. The highest BCUT2D eigenvalue weighted by atomic mass is 19.1. The van der Waals surface area contributed by atoms with E-state index in [-0.39, 0.29) is 16.8 Å². The van der Waals surface area contributed by atoms with Gasteiger partial charge in [0.2, 0.25) is 0 Å². The van der Waals surface area contributed by atoms with Crippen molar-refractivity contribution in [1.29, 1.82) is 0 Å². The Bertz CT molecular complexity index is 2140. The third kappa shape index (κ3) is 6.54. The third-order valence-electron chi connectivity index (χ3n) is 14.9. The van der Waals surface area contributed by atoms with E-state index >= 15 is 0 Å². The molecule has 9 rings (SSSR count). The van der Waals surface area contributed by atoms with E-state index in [2.05, 4.69) is 39.4 Å². The zero-order valence-electron chi connectivity index (χ0n) is 32.9. The standard InChI is InChI=1S/C44H55FN6O5/c1-43-16-14-29(52)22-27(43)8-11-31-33-12-13-36(44(33,2)17-15-34(31)43)56-21-5-19-54-18-4-20-55-30-9-6-26(7-10-30)39-38(41-46-25-47-51(41)3)40-37-32(42(53)50-49-40)23-28(45)24-35(37)48-39/h6-7,9-10,23-25,27,31,33-34,36,38-39,48H,4-5,8,11-22H2,1-3H3,(H,50,53)/t27-,31-,33-,34-,36-,38+,39+,43-,44-/m0/s1. The summed E-state index contributed by atoms with van der Waals surface area (Å²) in [6, 6.07) is 10.1. The Morgan fingerprint density at radius 3 is 2.54 bits per heavy atom. The van der Waals surface area contributed by atoms with Crippen molar-refractivity contribution in [1.82, 2.24) is 25.0 Å². The molecule has 12 heteroatoms. The quantitative estimate of drug-likeness (QED) is 0.140. The monoisotopic (exact) mass is 766 g/mol. The number of rotatable bonds is 12. The van der Waals surface area contributed by atoms with Gasteiger partial charge in [-0.3, -0.25) is 14.3 Å². The molecule has 298 valence electrons. The van der Waals surface area contributed by atoms with Crippen LogP contribution in [0.4, 0.5) is 10.1 Å². The van der Waals surface area contributed by atoms with Crippen LogP contribution in [0.25, 0.3) is 10.8 Å². The fraction of sp³-hybridized carbons (Fsp3) is 0.614. The van der Waals surface area contributed by atoms with E-state index in [4.69, 9.17) is 14.2 Å². The normalized spacial score (nSPS) is 32.1. The topological polar surface area (TPSA) is 133 Å². The lowest BCUT2D eigenvalue weighted by atomic mass is 9.45. The van der Waals surface area contributed by atoms with E-state index in [0.717, 1.165) is 67.8 Å². The van der Waals surface area contributed by atoms with Crippen LogP contribution >= 0.6 is 0 Å². The Kier molecular flexibility index (Phi) is 10.0. The van der Waals surface area contributed by atoms with Gasteiger partial charge in [-0.2, -0.15) is 10.2 Å². The number of Topliss-reactive ketones (excluding diaryl/α,β-unsaturated/α-hetero) is 1. The molecule has 4 aromatic rings. The second kappa shape index (κ2) is 15.0. The Balaban J connectivity index is 0.729. The van der Waals surface area contributed by atoms with E-state index in [1.807, 2.05) is 31.3 Å². The molecule has 0 amide bonds. The SMILES string of the molecule is Cn1ncnc1[C@H]1c2n[nH]c(=O)c3cc(F)cc(c23)N[C@@H]1c1ccc(OCCCOCCCO[C@H]2CC[C@H]3[C@@H]4CC[C@H]5CC(=O)CC[C@]5(C)[C@H]4CC[C@]23C)cc1. The number of benzene rings is 2. The van der Waals surface area contributed by atoms with Gasteiger partial charge in [0, 0.05) is 57.2 Å². The van der Waals surface area contributed by atoms with E-state index in [9.17, 15) is 14.0 Å². The largest absolute Gasteiger partial charge is 0.494 e. The molecule has 0 spiro atoms. The maximum Gasteiger partial charge on any atom is 0.272 e. The maximum atomic E-state index is 14.6. The van der Waals surface area contributed by atoms with Crippen molar-refractivity contribution in [3.05, 3.63) is 76.0 Å². The van der Waals surface area contributed by atoms with E-state index in [1.165, 1.54) is 57.0 Å². The minimum absolute atomic E-state index is 0.241. The van der Waals surface area contributed by atoms with Crippen LogP contribution in [-0.2, 0) is 21.3 Å². The average molecular weight is 767 g/mol. The van der Waals surface area contributed by atoms with Crippen LogP contribution in [0.5, 0.6) is 5.75 Å². The second-order valence-electron chi connectivity index (χ2n) is 17.8. The minimum Gasteiger partial charge on any atom is -0.494 e. The minimum atomic E-state index is -0.499. The highest BCUT2D eigenvalue weighted by molar-refractivity contribution is 5.97. The molecule has 4 saturated carbocycles. The lowest BCUT2D eigenvalue weighted by molar-refractivity contribution is -0.145. The van der Waals surface area contributed by atoms with Crippen molar-refractivity contribution in [2.75, 3.05) is 31.7 Å². The summed E-state index contributed by atoms with van der Waals surface area (Å²) >= 11 is 0. The predicted molar refractivity (Wildman–Crippen MR) is 210 cm³/mol. The molecule has 11 nitrogen and oxygen atoms in total. The average Bonchev–Trinajstić information content (AvgIpc) is 3.77. The van der Waals surface area contributed by atoms with Gasteiger partial charge in [-0.1, -0.05) is 26.0 Å². The molecule has 2 aromatic heterocycles. The molecule has 4 fully saturated rings. The van der Waals surface area contributed by atoms with Gasteiger partial charge in [0.15, 0.2) is 0 Å². The number of ketones is 1. The van der Waals surface area contributed by atoms with E-state index in [1.54, 1.807) is 4.68 Å². The van der Waals surface area contributed by atoms with Gasteiger partial charge in [-0.15, -0.1) is 0 Å². The third-order valence-corrected chi connectivity index (χ3v) is 14.9. The number of halogens is 1. The summed E-state index contributed by atoms with van der Waals surface area (Å²) in [6.45, 7) is 7.61. The lowest BCUT2D eigenvalue weighted by Crippen LogP contribution is -2.54. The number of nitrogens with one attached hydrogen (secondary N) is 2. The summed E-state index contributed by atoms with van der Waals surface area (Å²) in [5.41, 5.74) is 2.24. The van der Waals surface area contributed by atoms with Crippen LogP contribution in [0.2, 0.25) is 0 Å². The second-order valence-corrected chi connectivity index (χ2v) is 17.8. The number of carbonyl (C=O) groups is 1. The number of anilines is 1. The zero-order chi connectivity index (χ0) is 38.6. The zero-order valence-corrected chi connectivity index (χ0v) is 32.9. The van der Waals surface area contributed by atoms with Crippen LogP contribution in [0.1, 0.15) is 114 Å². The van der Waals surface area contributed by atoms with Crippen LogP contribution in [-0.4, -0.2) is 63.3 Å². The Morgan fingerprint density at radius 1 is 0.929 bits per heavy atom. The molecule has 2 N–H and O–H groups in total. The van der Waals surface area contributed by atoms with E-state index in [0.29, 0.717) is 65.6 Å². The van der Waals surface area contributed by atoms with Crippen LogP contribution in [0.15, 0.2) is 47.5 Å². The molecule has 3 heterocycles. The van der Waals surface area contributed by atoms with Crippen molar-refractivity contribution >= 4 is 22.2 Å². The Hall–Kier alpha value is -4.16. The fourth-order valence-corrected chi connectivity index (χ4v) is 12.1. The fourth-order valence-electron chi connectivity index (χ4n) is 12.1. The summed E-state index contributed by atoms with van der Waals surface area (Å²) in [4.78, 5) is 29.4. The molecule has 9 atom stereocenters. The number of nitrogens with zero attached hydrogens (tertiary/aromatic N) is 4. The van der Waals surface area contributed by atoms with Gasteiger partial charge in [-0.05, 0) is 116 Å². The molecule has 0 unspecified atom stereocenters. The first-order chi connectivity index (χ1) is 27.1. The van der Waals surface area contributed by atoms with Crippen molar-refractivity contribution in [3.8, 4) is 5.75 Å². The summed E-state index contributed by atoms with van der Waals surface area (Å²) < 4.78 is 35.0. The molecule has 0 radical (unpaired) electrons. The van der Waals surface area contributed by atoms with Crippen molar-refractivity contribution in [3.63, 3.8) is 0 Å². The van der Waals surface area contributed by atoms with Crippen molar-refractivity contribution in [2.24, 2.45) is 41.5 Å². The van der Waals surface area contributed by atoms with Crippen molar-refractivity contribution in [2.45, 2.75) is 103 Å². The Morgan fingerprint density at radius 2 is 1.73 bits per heavy atom. The van der Waals surface area contributed by atoms with E-state index < -0.39 is 17.3 Å². The lowest BCUT2D eigenvalue weighted by Gasteiger charge is -2.60. The molecule has 4 aliphatic carbocycles. The van der Waals surface area contributed by atoms with Gasteiger partial charge in [-0.25, -0.2) is 14.5 Å². The first kappa shape index (κ1) is 37.4. The van der Waals surface area contributed by atoms with Gasteiger partial charge in [0.05, 0.1) is 35.8 Å². The number of aryl methyl sites for hydroxylation is 1. The van der Waals surface area contributed by atoms with Gasteiger partial charge in [0.25, 0.3) is 5.56 Å². The molecule has 2 aromatic carbocycles. The Labute approximate surface area is 327 Å². The van der Waals surface area contributed by atoms with Crippen LogP contribution < -0.4 is 15.6 Å². The van der Waals surface area contributed by atoms with Crippen LogP contribution in [0.3, 0.4) is 0 Å². The summed E-state index contributed by atoms with van der Waals surface area (Å²) in [7, 11) is 1.82. The number of aromatic amines is 1. The first-order valence-electron chi connectivity index (χ1n) is 20.9. The number of fused-ring (bicyclic) bond motifs is 5. The number of H-pyrrole nitrogens is 1. The molecular weight excluding hydrogens is 712 g/mol. The van der Waals surface area contributed by atoms with Crippen LogP contribution in [0, 0.1) is 40.3 Å². The molecule has 5 aliphatic rings. The highest BCUT2D eigenvalue weighted by Gasteiger charge is 2.60. The molecule has 56 heavy (non-hydrogen) atoms. The summed E-state index contributed by atoms with van der Waals surface area (Å²) in [5.74, 6) is 3.95. The molecule has 0 saturated heterocycles. The van der Waals surface area contributed by atoms with Gasteiger partial charge in [0.1, 0.15) is 29.5 Å². The van der Waals surface area contributed by atoms with Gasteiger partial charge < -0.3 is 19.5 Å².